The molecule has 1 aromatic carbocycles. The Balaban J connectivity index is 2.04. The van der Waals surface area contributed by atoms with Crippen LogP contribution >= 0.6 is 0 Å². The van der Waals surface area contributed by atoms with Crippen LogP contribution < -0.4 is 5.32 Å². The highest BCUT2D eigenvalue weighted by Crippen LogP contribution is 2.24. The molecule has 0 heterocycles. The lowest BCUT2D eigenvalue weighted by molar-refractivity contribution is 0.0844. The van der Waals surface area contributed by atoms with Gasteiger partial charge in [0.15, 0.2) is 0 Å². The van der Waals surface area contributed by atoms with Crippen molar-refractivity contribution in [2.75, 3.05) is 0 Å². The second-order valence-corrected chi connectivity index (χ2v) is 5.14. The maximum absolute atomic E-state index is 13.2. The van der Waals surface area contributed by atoms with Gasteiger partial charge in [-0.15, -0.1) is 0 Å². The summed E-state index contributed by atoms with van der Waals surface area (Å²) in [6, 6.07) is 7.00. The van der Waals surface area contributed by atoms with Crippen LogP contribution in [-0.4, -0.2) is 17.3 Å². The molecule has 1 saturated carbocycles. The lowest BCUT2D eigenvalue weighted by atomic mass is 9.91. The summed E-state index contributed by atoms with van der Waals surface area (Å²) in [5.74, 6) is -0.197. The Bertz CT molecular complexity index is 383. The fraction of sp³-hybridized carbons (Fsp3) is 0.600. The Morgan fingerprint density at radius 1 is 1.39 bits per heavy atom. The molecule has 18 heavy (non-hydrogen) atoms. The Morgan fingerprint density at radius 2 is 2.17 bits per heavy atom. The number of benzene rings is 1. The molecule has 1 aliphatic rings. The molecule has 0 aliphatic heterocycles. The molecule has 100 valence electrons. The van der Waals surface area contributed by atoms with E-state index < -0.39 is 0 Å². The average molecular weight is 251 g/mol. The van der Waals surface area contributed by atoms with Gasteiger partial charge in [0, 0.05) is 12.1 Å². The highest BCUT2D eigenvalue weighted by atomic mass is 19.1. The van der Waals surface area contributed by atoms with Crippen LogP contribution in [0.2, 0.25) is 0 Å². The summed E-state index contributed by atoms with van der Waals surface area (Å²) in [6.45, 7) is 2.08. The van der Waals surface area contributed by atoms with Gasteiger partial charge in [0.1, 0.15) is 5.82 Å². The van der Waals surface area contributed by atoms with E-state index in [-0.39, 0.29) is 24.0 Å². The molecule has 2 rings (SSSR count). The highest BCUT2D eigenvalue weighted by Gasteiger charge is 2.25. The van der Waals surface area contributed by atoms with E-state index in [1.807, 2.05) is 6.07 Å². The lowest BCUT2D eigenvalue weighted by Gasteiger charge is -2.32. The Morgan fingerprint density at radius 3 is 2.83 bits per heavy atom. The van der Waals surface area contributed by atoms with Crippen LogP contribution in [0.5, 0.6) is 0 Å². The Kier molecular flexibility index (Phi) is 4.72. The van der Waals surface area contributed by atoms with Crippen molar-refractivity contribution in [3.63, 3.8) is 0 Å². The molecule has 0 amide bonds. The zero-order chi connectivity index (χ0) is 13.0. The first-order valence-electron chi connectivity index (χ1n) is 6.90. The third-order valence-corrected chi connectivity index (χ3v) is 3.80. The predicted molar refractivity (Wildman–Crippen MR) is 70.8 cm³/mol. The second kappa shape index (κ2) is 6.30. The highest BCUT2D eigenvalue weighted by molar-refractivity contribution is 5.20. The number of halogens is 1. The number of aliphatic hydroxyl groups excluding tert-OH is 1. The van der Waals surface area contributed by atoms with Gasteiger partial charge in [-0.2, -0.15) is 0 Å². The van der Waals surface area contributed by atoms with Gasteiger partial charge >= 0.3 is 0 Å². The van der Waals surface area contributed by atoms with Crippen LogP contribution in [0.1, 0.15) is 50.6 Å². The minimum atomic E-state index is -0.263. The maximum atomic E-state index is 13.2. The van der Waals surface area contributed by atoms with Crippen molar-refractivity contribution < 1.29 is 9.50 Å². The molecule has 0 aromatic heterocycles. The number of hydrogen-bond acceptors (Lipinski definition) is 2. The van der Waals surface area contributed by atoms with Crippen LogP contribution in [0.15, 0.2) is 24.3 Å². The SMILES string of the molecule is CCC(NC1CCCCC1O)c1cccc(F)c1. The first-order valence-corrected chi connectivity index (χ1v) is 6.90. The standard InChI is InChI=1S/C15H22FNO/c1-2-13(11-6-5-7-12(16)10-11)17-14-8-3-4-9-15(14)18/h5-7,10,13-15,17-18H,2-4,8-9H2,1H3. The molecule has 2 N–H and O–H groups in total. The zero-order valence-electron chi connectivity index (χ0n) is 10.9. The minimum absolute atomic E-state index is 0.124. The average Bonchev–Trinajstić information content (AvgIpc) is 2.38. The largest absolute Gasteiger partial charge is 0.392 e. The van der Waals surface area contributed by atoms with Crippen molar-refractivity contribution in [2.45, 2.75) is 57.2 Å². The fourth-order valence-electron chi connectivity index (χ4n) is 2.74. The van der Waals surface area contributed by atoms with E-state index in [0.717, 1.165) is 37.7 Å². The van der Waals surface area contributed by atoms with Gasteiger partial charge in [0.25, 0.3) is 0 Å². The van der Waals surface area contributed by atoms with Crippen molar-refractivity contribution in [1.29, 1.82) is 0 Å². The number of rotatable bonds is 4. The van der Waals surface area contributed by atoms with Gasteiger partial charge in [-0.05, 0) is 37.0 Å². The fourth-order valence-corrected chi connectivity index (χ4v) is 2.74. The molecule has 1 aliphatic carbocycles. The van der Waals surface area contributed by atoms with E-state index in [1.54, 1.807) is 12.1 Å². The van der Waals surface area contributed by atoms with E-state index in [1.165, 1.54) is 6.07 Å². The van der Waals surface area contributed by atoms with Crippen LogP contribution in [0, 0.1) is 5.82 Å². The molecule has 0 spiro atoms. The molecule has 0 saturated heterocycles. The summed E-state index contributed by atoms with van der Waals surface area (Å²) in [4.78, 5) is 0. The molecular weight excluding hydrogens is 229 g/mol. The Hall–Kier alpha value is -0.930. The number of hydrogen-bond donors (Lipinski definition) is 2. The molecule has 1 aromatic rings. The van der Waals surface area contributed by atoms with Crippen molar-refractivity contribution >= 4 is 0 Å². The van der Waals surface area contributed by atoms with Gasteiger partial charge in [-0.3, -0.25) is 0 Å². The van der Waals surface area contributed by atoms with E-state index >= 15 is 0 Å². The smallest absolute Gasteiger partial charge is 0.123 e. The van der Waals surface area contributed by atoms with Gasteiger partial charge in [-0.25, -0.2) is 4.39 Å². The quantitative estimate of drug-likeness (QED) is 0.861. The summed E-state index contributed by atoms with van der Waals surface area (Å²) < 4.78 is 13.2. The van der Waals surface area contributed by atoms with Gasteiger partial charge in [0.05, 0.1) is 6.10 Å². The van der Waals surface area contributed by atoms with Gasteiger partial charge in [-0.1, -0.05) is 31.9 Å². The summed E-state index contributed by atoms with van der Waals surface area (Å²) >= 11 is 0. The van der Waals surface area contributed by atoms with Crippen molar-refractivity contribution in [3.05, 3.63) is 35.6 Å². The van der Waals surface area contributed by atoms with E-state index in [0.29, 0.717) is 0 Å². The van der Waals surface area contributed by atoms with Gasteiger partial charge < -0.3 is 10.4 Å². The van der Waals surface area contributed by atoms with Gasteiger partial charge in [0.2, 0.25) is 0 Å². The van der Waals surface area contributed by atoms with Crippen molar-refractivity contribution in [1.82, 2.24) is 5.32 Å². The summed E-state index contributed by atoms with van der Waals surface area (Å²) in [6.07, 6.45) is 4.78. The number of aliphatic hydroxyl groups is 1. The lowest BCUT2D eigenvalue weighted by Crippen LogP contribution is -2.43. The number of nitrogens with one attached hydrogen (secondary N) is 1. The first kappa shape index (κ1) is 13.5. The van der Waals surface area contributed by atoms with E-state index in [9.17, 15) is 9.50 Å². The molecule has 3 atom stereocenters. The van der Waals surface area contributed by atoms with Crippen LogP contribution in [0.3, 0.4) is 0 Å². The molecule has 3 heteroatoms. The van der Waals surface area contributed by atoms with Crippen LogP contribution in [0.4, 0.5) is 4.39 Å². The third kappa shape index (κ3) is 3.30. The molecule has 1 fully saturated rings. The zero-order valence-corrected chi connectivity index (χ0v) is 10.9. The van der Waals surface area contributed by atoms with Crippen LogP contribution in [-0.2, 0) is 0 Å². The summed E-state index contributed by atoms with van der Waals surface area (Å²) in [5.41, 5.74) is 0.968. The van der Waals surface area contributed by atoms with Crippen LogP contribution in [0.25, 0.3) is 0 Å². The second-order valence-electron chi connectivity index (χ2n) is 5.14. The summed E-state index contributed by atoms with van der Waals surface area (Å²) in [5, 5.41) is 13.5. The van der Waals surface area contributed by atoms with Crippen molar-refractivity contribution in [2.24, 2.45) is 0 Å². The summed E-state index contributed by atoms with van der Waals surface area (Å²) in [7, 11) is 0. The first-order chi connectivity index (χ1) is 8.70. The molecule has 2 nitrogen and oxygen atoms in total. The van der Waals surface area contributed by atoms with Crippen molar-refractivity contribution in [3.8, 4) is 0 Å². The molecular formula is C15H22FNO. The molecule has 3 unspecified atom stereocenters. The predicted octanol–water partition coefficient (Wildman–Crippen LogP) is 3.17. The maximum Gasteiger partial charge on any atom is 0.123 e. The minimum Gasteiger partial charge on any atom is -0.392 e. The molecule has 0 radical (unpaired) electrons. The normalized spacial score (nSPS) is 25.9. The topological polar surface area (TPSA) is 32.3 Å². The third-order valence-electron chi connectivity index (χ3n) is 3.80. The molecule has 0 bridgehead atoms. The monoisotopic (exact) mass is 251 g/mol. The Labute approximate surface area is 108 Å². The van der Waals surface area contributed by atoms with E-state index in [4.69, 9.17) is 0 Å². The van der Waals surface area contributed by atoms with E-state index in [2.05, 4.69) is 12.2 Å².